The van der Waals surface area contributed by atoms with Crippen molar-refractivity contribution in [2.75, 3.05) is 6.61 Å². The summed E-state index contributed by atoms with van der Waals surface area (Å²) in [5, 5.41) is 9.36. The lowest BCUT2D eigenvalue weighted by Crippen LogP contribution is -2.19. The standard InChI is InChI=1S/C16H26O4/c1-4-20-15(19)11-16(2,3)8-6-5-7-12-9-13(17)10-14(12)18/h9,13,17H,4-8,10-11H2,1-3H3. The van der Waals surface area contributed by atoms with Crippen LogP contribution in [0.4, 0.5) is 0 Å². The molecular formula is C16H26O4. The van der Waals surface area contributed by atoms with E-state index in [0.717, 1.165) is 31.3 Å². The number of rotatable bonds is 8. The monoisotopic (exact) mass is 282 g/mol. The van der Waals surface area contributed by atoms with E-state index in [9.17, 15) is 14.7 Å². The molecule has 4 heteroatoms. The Morgan fingerprint density at radius 3 is 2.70 bits per heavy atom. The van der Waals surface area contributed by atoms with Crippen LogP contribution in [0.3, 0.4) is 0 Å². The van der Waals surface area contributed by atoms with Crippen molar-refractivity contribution in [3.63, 3.8) is 0 Å². The molecule has 1 atom stereocenters. The summed E-state index contributed by atoms with van der Waals surface area (Å²) in [6.07, 6.45) is 5.29. The fraction of sp³-hybridized carbons (Fsp3) is 0.750. The fourth-order valence-corrected chi connectivity index (χ4v) is 2.54. The van der Waals surface area contributed by atoms with Gasteiger partial charge < -0.3 is 9.84 Å². The molecule has 1 unspecified atom stereocenters. The SMILES string of the molecule is CCOC(=O)CC(C)(C)CCCCC1=CC(O)CC1=O. The Balaban J connectivity index is 2.24. The van der Waals surface area contributed by atoms with Gasteiger partial charge in [0.1, 0.15) is 0 Å². The van der Waals surface area contributed by atoms with E-state index in [1.54, 1.807) is 6.08 Å². The van der Waals surface area contributed by atoms with E-state index in [-0.39, 0.29) is 23.6 Å². The highest BCUT2D eigenvalue weighted by Gasteiger charge is 2.24. The largest absolute Gasteiger partial charge is 0.466 e. The van der Waals surface area contributed by atoms with Crippen LogP contribution in [0.5, 0.6) is 0 Å². The molecule has 0 amide bonds. The van der Waals surface area contributed by atoms with Crippen molar-refractivity contribution >= 4 is 11.8 Å². The zero-order valence-electron chi connectivity index (χ0n) is 12.8. The van der Waals surface area contributed by atoms with Gasteiger partial charge in [-0.25, -0.2) is 0 Å². The lowest BCUT2D eigenvalue weighted by molar-refractivity contribution is -0.145. The Hall–Kier alpha value is -1.16. The number of aliphatic hydroxyl groups is 1. The molecule has 0 aromatic carbocycles. The molecular weight excluding hydrogens is 256 g/mol. The van der Waals surface area contributed by atoms with Crippen LogP contribution in [0.15, 0.2) is 11.6 Å². The Kier molecular flexibility index (Phi) is 6.40. The summed E-state index contributed by atoms with van der Waals surface area (Å²) in [4.78, 5) is 23.0. The van der Waals surface area contributed by atoms with Gasteiger partial charge in [-0.1, -0.05) is 20.3 Å². The van der Waals surface area contributed by atoms with Crippen molar-refractivity contribution in [2.24, 2.45) is 5.41 Å². The molecule has 0 saturated carbocycles. The molecule has 114 valence electrons. The summed E-state index contributed by atoms with van der Waals surface area (Å²) in [5.41, 5.74) is 0.695. The number of hydrogen-bond acceptors (Lipinski definition) is 4. The second-order valence-electron chi connectivity index (χ2n) is 6.24. The highest BCUT2D eigenvalue weighted by molar-refractivity contribution is 5.98. The quantitative estimate of drug-likeness (QED) is 0.549. The Bertz CT molecular complexity index is 382. The minimum Gasteiger partial charge on any atom is -0.466 e. The van der Waals surface area contributed by atoms with Crippen molar-refractivity contribution in [2.45, 2.75) is 65.4 Å². The van der Waals surface area contributed by atoms with Crippen LogP contribution in [0.2, 0.25) is 0 Å². The number of hydrogen-bond donors (Lipinski definition) is 1. The van der Waals surface area contributed by atoms with Crippen molar-refractivity contribution in [3.05, 3.63) is 11.6 Å². The number of carbonyl (C=O) groups is 2. The summed E-state index contributed by atoms with van der Waals surface area (Å²) < 4.78 is 4.97. The molecule has 1 rings (SSSR count). The molecule has 0 heterocycles. The normalized spacial score (nSPS) is 19.1. The maximum atomic E-state index is 11.5. The highest BCUT2D eigenvalue weighted by atomic mass is 16.5. The molecule has 0 saturated heterocycles. The molecule has 0 spiro atoms. The summed E-state index contributed by atoms with van der Waals surface area (Å²) in [5.74, 6) is -0.0717. The molecule has 0 fully saturated rings. The number of ketones is 1. The van der Waals surface area contributed by atoms with E-state index in [1.165, 1.54) is 0 Å². The smallest absolute Gasteiger partial charge is 0.306 e. The minimum absolute atomic E-state index is 0.0696. The molecule has 0 radical (unpaired) electrons. The Labute approximate surface area is 121 Å². The van der Waals surface area contributed by atoms with E-state index >= 15 is 0 Å². The van der Waals surface area contributed by atoms with Crippen molar-refractivity contribution in [1.82, 2.24) is 0 Å². The molecule has 0 aromatic heterocycles. The van der Waals surface area contributed by atoms with Crippen molar-refractivity contribution in [1.29, 1.82) is 0 Å². The van der Waals surface area contributed by atoms with Gasteiger partial charge in [0, 0.05) is 6.42 Å². The number of ether oxygens (including phenoxy) is 1. The van der Waals surface area contributed by atoms with E-state index in [0.29, 0.717) is 13.0 Å². The Morgan fingerprint density at radius 2 is 2.15 bits per heavy atom. The molecule has 0 aromatic rings. The first kappa shape index (κ1) is 16.9. The second kappa shape index (κ2) is 7.58. The van der Waals surface area contributed by atoms with Crippen LogP contribution in [-0.4, -0.2) is 29.6 Å². The third-order valence-corrected chi connectivity index (χ3v) is 3.62. The molecule has 20 heavy (non-hydrogen) atoms. The lowest BCUT2D eigenvalue weighted by Gasteiger charge is -2.23. The lowest BCUT2D eigenvalue weighted by atomic mass is 9.83. The number of esters is 1. The van der Waals surface area contributed by atoms with Gasteiger partial charge in [0.05, 0.1) is 19.1 Å². The topological polar surface area (TPSA) is 63.6 Å². The van der Waals surface area contributed by atoms with Gasteiger partial charge in [0.2, 0.25) is 0 Å². The zero-order chi connectivity index (χ0) is 15.2. The van der Waals surface area contributed by atoms with Gasteiger partial charge in [0.15, 0.2) is 5.78 Å². The third kappa shape index (κ3) is 5.87. The molecule has 4 nitrogen and oxygen atoms in total. The number of Topliss-reactive ketones (excluding diaryl/α,β-unsaturated/α-hetero) is 1. The fourth-order valence-electron chi connectivity index (χ4n) is 2.54. The van der Waals surface area contributed by atoms with Crippen LogP contribution in [0.1, 0.15) is 59.3 Å². The van der Waals surface area contributed by atoms with E-state index in [1.807, 2.05) is 6.92 Å². The number of carbonyl (C=O) groups excluding carboxylic acids is 2. The number of unbranched alkanes of at least 4 members (excludes halogenated alkanes) is 1. The first-order chi connectivity index (χ1) is 9.34. The van der Waals surface area contributed by atoms with Gasteiger partial charge in [-0.3, -0.25) is 9.59 Å². The average molecular weight is 282 g/mol. The summed E-state index contributed by atoms with van der Waals surface area (Å²) in [6, 6.07) is 0. The third-order valence-electron chi connectivity index (χ3n) is 3.62. The number of aliphatic hydroxyl groups excluding tert-OH is 1. The molecule has 0 aliphatic heterocycles. The highest BCUT2D eigenvalue weighted by Crippen LogP contribution is 2.29. The van der Waals surface area contributed by atoms with Crippen LogP contribution in [0, 0.1) is 5.41 Å². The van der Waals surface area contributed by atoms with E-state index in [4.69, 9.17) is 4.74 Å². The van der Waals surface area contributed by atoms with Gasteiger partial charge in [-0.05, 0) is 43.3 Å². The van der Waals surface area contributed by atoms with E-state index in [2.05, 4.69) is 13.8 Å². The van der Waals surface area contributed by atoms with Gasteiger partial charge >= 0.3 is 5.97 Å². The minimum atomic E-state index is -0.585. The summed E-state index contributed by atoms with van der Waals surface area (Å²) in [7, 11) is 0. The maximum Gasteiger partial charge on any atom is 0.306 e. The molecule has 1 aliphatic rings. The second-order valence-corrected chi connectivity index (χ2v) is 6.24. The van der Waals surface area contributed by atoms with Crippen LogP contribution in [0.25, 0.3) is 0 Å². The van der Waals surface area contributed by atoms with Crippen molar-refractivity contribution in [3.8, 4) is 0 Å². The molecule has 1 aliphatic carbocycles. The maximum absolute atomic E-state index is 11.5. The first-order valence-corrected chi connectivity index (χ1v) is 7.41. The van der Waals surface area contributed by atoms with Gasteiger partial charge in [-0.2, -0.15) is 0 Å². The van der Waals surface area contributed by atoms with Gasteiger partial charge in [-0.15, -0.1) is 0 Å². The predicted molar refractivity (Wildman–Crippen MR) is 77.2 cm³/mol. The zero-order valence-corrected chi connectivity index (χ0v) is 12.8. The van der Waals surface area contributed by atoms with E-state index < -0.39 is 6.10 Å². The van der Waals surface area contributed by atoms with Crippen molar-refractivity contribution < 1.29 is 19.4 Å². The molecule has 1 N–H and O–H groups in total. The first-order valence-electron chi connectivity index (χ1n) is 7.41. The summed E-state index contributed by atoms with van der Waals surface area (Å²) in [6.45, 7) is 6.36. The number of allylic oxidation sites excluding steroid dienone is 1. The van der Waals surface area contributed by atoms with Crippen LogP contribution >= 0.6 is 0 Å². The predicted octanol–water partition coefficient (Wildman–Crippen LogP) is 2.79. The Morgan fingerprint density at radius 1 is 1.45 bits per heavy atom. The van der Waals surface area contributed by atoms with Crippen LogP contribution in [-0.2, 0) is 14.3 Å². The van der Waals surface area contributed by atoms with Gasteiger partial charge in [0.25, 0.3) is 0 Å². The molecule has 0 bridgehead atoms. The average Bonchev–Trinajstić information content (AvgIpc) is 2.63. The van der Waals surface area contributed by atoms with Crippen LogP contribution < -0.4 is 0 Å². The summed E-state index contributed by atoms with van der Waals surface area (Å²) >= 11 is 0.